The first-order chi connectivity index (χ1) is 12.6. The molecule has 4 rings (SSSR count). The van der Waals surface area contributed by atoms with E-state index in [4.69, 9.17) is 4.74 Å². The van der Waals surface area contributed by atoms with Gasteiger partial charge in [0.2, 0.25) is 11.8 Å². The quantitative estimate of drug-likeness (QED) is 0.770. The van der Waals surface area contributed by atoms with Crippen LogP contribution in [-0.2, 0) is 20.7 Å². The summed E-state index contributed by atoms with van der Waals surface area (Å²) in [6.07, 6.45) is 0.516. The maximum atomic E-state index is 12.8. The van der Waals surface area contributed by atoms with Crippen LogP contribution in [0.1, 0.15) is 4.88 Å². The molecule has 1 aromatic rings. The molecule has 140 valence electrons. The lowest BCUT2D eigenvalue weighted by Gasteiger charge is -2.46. The highest BCUT2D eigenvalue weighted by Gasteiger charge is 2.44. The molecular weight excluding hydrogens is 356 g/mol. The zero-order chi connectivity index (χ0) is 18.1. The summed E-state index contributed by atoms with van der Waals surface area (Å²) in [6.45, 7) is 3.32. The molecule has 0 aliphatic carbocycles. The molecule has 0 radical (unpaired) electrons. The van der Waals surface area contributed by atoms with Crippen LogP contribution in [0.4, 0.5) is 4.79 Å². The Morgan fingerprint density at radius 2 is 2.00 bits per heavy atom. The third-order valence-corrected chi connectivity index (χ3v) is 6.02. The first-order valence-corrected chi connectivity index (χ1v) is 9.76. The number of rotatable bonds is 2. The van der Waals surface area contributed by atoms with Crippen LogP contribution < -0.4 is 5.32 Å². The van der Waals surface area contributed by atoms with Crippen LogP contribution in [-0.4, -0.2) is 90.6 Å². The Kier molecular flexibility index (Phi) is 4.82. The van der Waals surface area contributed by atoms with E-state index in [0.29, 0.717) is 45.8 Å². The van der Waals surface area contributed by atoms with Gasteiger partial charge in [-0.1, -0.05) is 6.07 Å². The summed E-state index contributed by atoms with van der Waals surface area (Å²) < 4.78 is 5.28. The van der Waals surface area contributed by atoms with E-state index in [1.807, 2.05) is 17.5 Å². The maximum absolute atomic E-state index is 12.8. The van der Waals surface area contributed by atoms with Gasteiger partial charge in [-0.2, -0.15) is 0 Å². The topological polar surface area (TPSA) is 82.2 Å². The Balaban J connectivity index is 1.41. The first kappa shape index (κ1) is 17.3. The van der Waals surface area contributed by atoms with Gasteiger partial charge < -0.3 is 24.8 Å². The zero-order valence-corrected chi connectivity index (χ0v) is 15.2. The lowest BCUT2D eigenvalue weighted by molar-refractivity contribution is -0.152. The van der Waals surface area contributed by atoms with Crippen LogP contribution in [0.2, 0.25) is 0 Å². The smallest absolute Gasteiger partial charge is 0.320 e. The fourth-order valence-electron chi connectivity index (χ4n) is 3.70. The van der Waals surface area contributed by atoms with Crippen molar-refractivity contribution in [2.45, 2.75) is 18.5 Å². The largest absolute Gasteiger partial charge is 0.378 e. The predicted molar refractivity (Wildman–Crippen MR) is 94.8 cm³/mol. The van der Waals surface area contributed by atoms with Gasteiger partial charge in [0, 0.05) is 37.5 Å². The molecule has 4 amide bonds. The lowest BCUT2D eigenvalue weighted by Crippen LogP contribution is -2.70. The molecule has 9 heteroatoms. The molecule has 4 heterocycles. The minimum Gasteiger partial charge on any atom is -0.378 e. The SMILES string of the molecule is O=C1N[C@@H](Cc2cccs2)C(=O)N2CCN(C(=O)N3CCOCC3)C[C@H]12. The predicted octanol–water partition coefficient (Wildman–Crippen LogP) is -0.246. The van der Waals surface area contributed by atoms with Gasteiger partial charge in [-0.3, -0.25) is 9.59 Å². The Hall–Kier alpha value is -2.13. The van der Waals surface area contributed by atoms with Gasteiger partial charge >= 0.3 is 6.03 Å². The second-order valence-corrected chi connectivity index (χ2v) is 7.75. The van der Waals surface area contributed by atoms with Gasteiger partial charge in [-0.15, -0.1) is 11.3 Å². The van der Waals surface area contributed by atoms with Crippen molar-refractivity contribution in [2.24, 2.45) is 0 Å². The number of hydrogen-bond acceptors (Lipinski definition) is 5. The van der Waals surface area contributed by atoms with E-state index in [1.54, 1.807) is 26.0 Å². The number of nitrogens with one attached hydrogen (secondary N) is 1. The average molecular weight is 378 g/mol. The van der Waals surface area contributed by atoms with Crippen LogP contribution in [0.15, 0.2) is 17.5 Å². The fourth-order valence-corrected chi connectivity index (χ4v) is 4.45. The summed E-state index contributed by atoms with van der Waals surface area (Å²) >= 11 is 1.58. The number of hydrogen-bond donors (Lipinski definition) is 1. The summed E-state index contributed by atoms with van der Waals surface area (Å²) in [6, 6.07) is 2.72. The number of ether oxygens (including phenoxy) is 1. The normalized spacial score (nSPS) is 26.5. The number of amides is 4. The van der Waals surface area contributed by atoms with Crippen molar-refractivity contribution >= 4 is 29.2 Å². The van der Waals surface area contributed by atoms with Crippen LogP contribution in [0.5, 0.6) is 0 Å². The summed E-state index contributed by atoms with van der Waals surface area (Å²) in [5, 5.41) is 4.81. The molecule has 2 atom stereocenters. The molecule has 3 fully saturated rings. The highest BCUT2D eigenvalue weighted by Crippen LogP contribution is 2.21. The summed E-state index contributed by atoms with van der Waals surface area (Å²) in [4.78, 5) is 44.2. The second kappa shape index (κ2) is 7.24. The summed E-state index contributed by atoms with van der Waals surface area (Å²) in [5.41, 5.74) is 0. The third kappa shape index (κ3) is 3.28. The van der Waals surface area contributed by atoms with Gasteiger partial charge in [0.25, 0.3) is 0 Å². The molecule has 0 saturated carbocycles. The molecule has 26 heavy (non-hydrogen) atoms. The summed E-state index contributed by atoms with van der Waals surface area (Å²) in [5.74, 6) is -0.230. The zero-order valence-electron chi connectivity index (χ0n) is 14.4. The minimum atomic E-state index is -0.596. The van der Waals surface area contributed by atoms with Crippen LogP contribution >= 0.6 is 11.3 Å². The van der Waals surface area contributed by atoms with Crippen molar-refractivity contribution in [3.63, 3.8) is 0 Å². The van der Waals surface area contributed by atoms with Gasteiger partial charge in [-0.25, -0.2) is 4.79 Å². The van der Waals surface area contributed by atoms with Gasteiger partial charge in [0.15, 0.2) is 0 Å². The van der Waals surface area contributed by atoms with E-state index >= 15 is 0 Å². The van der Waals surface area contributed by atoms with Gasteiger partial charge in [-0.05, 0) is 11.4 Å². The molecule has 3 aliphatic heterocycles. The average Bonchev–Trinajstić information content (AvgIpc) is 3.19. The van der Waals surface area contributed by atoms with E-state index in [0.717, 1.165) is 4.88 Å². The lowest BCUT2D eigenvalue weighted by atomic mass is 10.0. The first-order valence-electron chi connectivity index (χ1n) is 8.88. The number of piperazine rings is 2. The van der Waals surface area contributed by atoms with Crippen molar-refractivity contribution in [3.8, 4) is 0 Å². The minimum absolute atomic E-state index is 0.0542. The highest BCUT2D eigenvalue weighted by molar-refractivity contribution is 7.09. The Morgan fingerprint density at radius 3 is 2.73 bits per heavy atom. The fraction of sp³-hybridized carbons (Fsp3) is 0.588. The Labute approximate surface area is 155 Å². The van der Waals surface area contributed by atoms with E-state index < -0.39 is 12.1 Å². The number of fused-ring (bicyclic) bond motifs is 1. The molecule has 0 unspecified atom stereocenters. The number of urea groups is 1. The van der Waals surface area contributed by atoms with Crippen molar-refractivity contribution in [1.82, 2.24) is 20.0 Å². The molecular formula is C17H22N4O4S. The number of carbonyl (C=O) groups is 3. The van der Waals surface area contributed by atoms with E-state index in [1.165, 1.54) is 0 Å². The van der Waals surface area contributed by atoms with Crippen molar-refractivity contribution < 1.29 is 19.1 Å². The number of morpholine rings is 1. The number of carbonyl (C=O) groups excluding carboxylic acids is 3. The molecule has 1 N–H and O–H groups in total. The van der Waals surface area contributed by atoms with Crippen LogP contribution in [0, 0.1) is 0 Å². The Morgan fingerprint density at radius 1 is 1.19 bits per heavy atom. The summed E-state index contributed by atoms with van der Waals surface area (Å²) in [7, 11) is 0. The molecule has 0 bridgehead atoms. The van der Waals surface area contributed by atoms with Gasteiger partial charge in [0.05, 0.1) is 19.8 Å². The standard InChI is InChI=1S/C17H22N4O4S/c22-15-14-11-20(17(24)19-5-7-25-8-6-19)3-4-21(14)16(23)13(18-15)10-12-2-1-9-26-12/h1-2,9,13-14H,3-8,10-11H2,(H,18,22)/t13-,14+/m0/s1. The van der Waals surface area contributed by atoms with Gasteiger partial charge in [0.1, 0.15) is 12.1 Å². The van der Waals surface area contributed by atoms with E-state index in [-0.39, 0.29) is 24.4 Å². The molecule has 0 aromatic carbocycles. The van der Waals surface area contributed by atoms with E-state index in [2.05, 4.69) is 5.32 Å². The monoisotopic (exact) mass is 378 g/mol. The molecule has 1 aromatic heterocycles. The Bertz CT molecular complexity index is 689. The van der Waals surface area contributed by atoms with Crippen molar-refractivity contribution in [3.05, 3.63) is 22.4 Å². The second-order valence-electron chi connectivity index (χ2n) is 6.72. The third-order valence-electron chi connectivity index (χ3n) is 5.12. The number of nitrogens with zero attached hydrogens (tertiary/aromatic N) is 3. The van der Waals surface area contributed by atoms with E-state index in [9.17, 15) is 14.4 Å². The number of thiophene rings is 1. The molecule has 3 saturated heterocycles. The molecule has 3 aliphatic rings. The van der Waals surface area contributed by atoms with Crippen molar-refractivity contribution in [2.75, 3.05) is 45.9 Å². The molecule has 8 nitrogen and oxygen atoms in total. The van der Waals surface area contributed by atoms with Crippen LogP contribution in [0.3, 0.4) is 0 Å². The maximum Gasteiger partial charge on any atom is 0.320 e. The van der Waals surface area contributed by atoms with Crippen LogP contribution in [0.25, 0.3) is 0 Å². The molecule has 0 spiro atoms. The van der Waals surface area contributed by atoms with Crippen molar-refractivity contribution in [1.29, 1.82) is 0 Å². The highest BCUT2D eigenvalue weighted by atomic mass is 32.1.